The van der Waals surface area contributed by atoms with Crippen molar-refractivity contribution < 1.29 is 37.9 Å². The van der Waals surface area contributed by atoms with E-state index in [1.165, 1.54) is 0 Å². The van der Waals surface area contributed by atoms with Crippen molar-refractivity contribution in [3.05, 3.63) is 407 Å². The maximum Gasteiger partial charge on any atom is 0.124 e. The summed E-state index contributed by atoms with van der Waals surface area (Å²) >= 11 is 0. The summed E-state index contributed by atoms with van der Waals surface area (Å²) in [6.45, 7) is 2.55. The summed E-state index contributed by atoms with van der Waals surface area (Å²) in [6.07, 6.45) is 8.36. The smallest absolute Gasteiger partial charge is 0.124 e. The van der Waals surface area contributed by atoms with Crippen LogP contribution in [0.2, 0.25) is 0 Å². The second kappa shape index (κ2) is 33.8. The molecule has 0 amide bonds. The minimum Gasteiger partial charge on any atom is -0.489 e. The van der Waals surface area contributed by atoms with Gasteiger partial charge in [0.05, 0.1) is 22.8 Å². The quantitative estimate of drug-likeness (QED) is 0.0489. The number of rotatable bonds is 28. The summed E-state index contributed by atoms with van der Waals surface area (Å²) in [6, 6.07) is 114. The van der Waals surface area contributed by atoms with Gasteiger partial charge in [-0.25, -0.2) is 9.97 Å². The molecule has 15 aromatic rings. The number of H-pyrrole nitrogens is 2. The first kappa shape index (κ1) is 70.6. The van der Waals surface area contributed by atoms with Crippen LogP contribution in [0.5, 0.6) is 46.0 Å². The fourth-order valence-electron chi connectivity index (χ4n) is 13.9. The maximum atomic E-state index is 6.81. The maximum absolute atomic E-state index is 6.81. The highest BCUT2D eigenvalue weighted by atomic mass is 16.5. The summed E-state index contributed by atoms with van der Waals surface area (Å²) in [7, 11) is 0. The highest BCUT2D eigenvalue weighted by Gasteiger charge is 2.24. The van der Waals surface area contributed by atoms with Gasteiger partial charge in [-0.15, -0.1) is 0 Å². The molecule has 0 aliphatic carbocycles. The van der Waals surface area contributed by atoms with Crippen LogP contribution < -0.4 is 37.9 Å². The Bertz CT molecular complexity index is 5020. The Kier molecular flexibility index (Phi) is 21.3. The van der Waals surface area contributed by atoms with E-state index in [2.05, 4.69) is 204 Å². The van der Waals surface area contributed by atoms with Gasteiger partial charge in [0.2, 0.25) is 0 Å². The van der Waals surface area contributed by atoms with E-state index < -0.39 is 0 Å². The molecule has 0 atom stereocenters. The molecule has 3 aromatic heterocycles. The van der Waals surface area contributed by atoms with E-state index in [1.54, 1.807) is 0 Å². The first-order chi connectivity index (χ1) is 55.4. The van der Waals surface area contributed by atoms with Crippen molar-refractivity contribution >= 4 is 46.4 Å². The highest BCUT2D eigenvalue weighted by Crippen LogP contribution is 2.44. The van der Waals surface area contributed by atoms with Gasteiger partial charge in [-0.2, -0.15) is 0 Å². The van der Waals surface area contributed by atoms with E-state index in [9.17, 15) is 0 Å². The lowest BCUT2D eigenvalue weighted by Crippen LogP contribution is -1.99. The predicted molar refractivity (Wildman–Crippen MR) is 447 cm³/mol. The first-order valence-electron chi connectivity index (χ1n) is 37.5. The molecule has 12 heteroatoms. The summed E-state index contributed by atoms with van der Waals surface area (Å²) < 4.78 is 54.5. The molecule has 0 saturated carbocycles. The molecule has 0 saturated heterocycles. The number of nitrogens with zero attached hydrogens (tertiary/aromatic N) is 2. The van der Waals surface area contributed by atoms with Crippen molar-refractivity contribution in [1.29, 1.82) is 0 Å². The average Bonchev–Trinajstić information content (AvgIpc) is 1.59. The van der Waals surface area contributed by atoms with Crippen LogP contribution in [-0.4, -0.2) is 19.9 Å². The molecule has 2 aliphatic rings. The minimum atomic E-state index is 0.318. The second-order valence-electron chi connectivity index (χ2n) is 27.5. The molecule has 112 heavy (non-hydrogen) atoms. The minimum absolute atomic E-state index is 0.318. The van der Waals surface area contributed by atoms with Crippen molar-refractivity contribution in [2.24, 2.45) is 0 Å². The Balaban J connectivity index is 0.938. The normalized spacial score (nSPS) is 11.4. The van der Waals surface area contributed by atoms with Gasteiger partial charge < -0.3 is 47.9 Å². The average molecular weight is 1460 g/mol. The van der Waals surface area contributed by atoms with Gasteiger partial charge in [0, 0.05) is 68.6 Å². The van der Waals surface area contributed by atoms with Crippen molar-refractivity contribution in [1.82, 2.24) is 19.9 Å². The number of ether oxygens (including phenoxy) is 8. The molecule has 546 valence electrons. The monoisotopic (exact) mass is 1460 g/mol. The van der Waals surface area contributed by atoms with Crippen molar-refractivity contribution in [2.75, 3.05) is 0 Å². The van der Waals surface area contributed by atoms with Crippen molar-refractivity contribution in [3.63, 3.8) is 0 Å². The third-order valence-electron chi connectivity index (χ3n) is 19.4. The lowest BCUT2D eigenvalue weighted by molar-refractivity contribution is 0.290. The number of aromatic nitrogens is 4. The van der Waals surface area contributed by atoms with Crippen LogP contribution in [0.3, 0.4) is 0 Å². The summed E-state index contributed by atoms with van der Waals surface area (Å²) in [5.74, 6) is 4.86. The van der Waals surface area contributed by atoms with Crippen LogP contribution >= 0.6 is 0 Å². The summed E-state index contributed by atoms with van der Waals surface area (Å²) in [5, 5.41) is 0. The van der Waals surface area contributed by atoms with Crippen LogP contribution in [-0.2, 0) is 52.9 Å². The van der Waals surface area contributed by atoms with E-state index in [1.807, 2.05) is 170 Å². The fourth-order valence-corrected chi connectivity index (χ4v) is 13.9. The van der Waals surface area contributed by atoms with Gasteiger partial charge in [0.15, 0.2) is 0 Å². The molecule has 0 unspecified atom stereocenters. The topological polar surface area (TPSA) is 131 Å². The van der Waals surface area contributed by atoms with Crippen LogP contribution in [0.4, 0.5) is 0 Å². The van der Waals surface area contributed by atoms with Gasteiger partial charge in [0.25, 0.3) is 0 Å². The molecule has 0 fully saturated rings. The Morgan fingerprint density at radius 1 is 0.179 bits per heavy atom. The number of nitrogens with one attached hydrogen (secondary N) is 2. The molecule has 0 radical (unpaired) electrons. The fraction of sp³-hybridized carbons (Fsp3) is 0.0800. The molecule has 17 rings (SSSR count). The standard InChI is InChI=1S/C100H78N4O8/c1-9-25-69(26-10-1)61-105-81-49-77(50-82(57-81)106-62-70-27-11-2-12-28-70)97-89-41-43-91(101-89)98(78-51-83(107-63-71-29-13-3-14-30-71)58-84(52-78)108-64-72-31-15-4-16-32-72)93-45-47-95(103-93)100(80-55-87(111-67-75-37-21-7-22-38-75)60-88(56-80)112-68-76-39-23-8-24-40-76)96-48-46-94(104-96)99(92-44-42-90(97)102-92)79-53-85(109-65-73-33-17-5-18-34-73)59-86(54-79)110-66-74-35-19-6-20-36-74/h1-60,101,104H,61-68H2. The first-order valence-corrected chi connectivity index (χ1v) is 37.5. The van der Waals surface area contributed by atoms with Crippen LogP contribution in [0.15, 0.2) is 340 Å². The Hall–Kier alpha value is -14.4. The summed E-state index contributed by atoms with van der Waals surface area (Å²) in [5.41, 5.74) is 20.1. The zero-order valence-electron chi connectivity index (χ0n) is 61.5. The van der Waals surface area contributed by atoms with E-state index in [0.29, 0.717) is 122 Å². The van der Waals surface area contributed by atoms with Gasteiger partial charge >= 0.3 is 0 Å². The Morgan fingerprint density at radius 2 is 0.330 bits per heavy atom. The summed E-state index contributed by atoms with van der Waals surface area (Å²) in [4.78, 5) is 19.7. The van der Waals surface area contributed by atoms with E-state index >= 15 is 0 Å². The van der Waals surface area contributed by atoms with Gasteiger partial charge in [-0.05, 0) is 164 Å². The van der Waals surface area contributed by atoms with E-state index in [4.69, 9.17) is 47.9 Å². The lowest BCUT2D eigenvalue weighted by atomic mass is 10.0. The molecule has 12 aromatic carbocycles. The number of aromatic amines is 2. The molecular weight excluding hydrogens is 1390 g/mol. The number of hydrogen-bond acceptors (Lipinski definition) is 10. The molecule has 0 spiro atoms. The second-order valence-corrected chi connectivity index (χ2v) is 27.5. The third-order valence-corrected chi connectivity index (χ3v) is 19.4. The number of benzene rings is 12. The van der Waals surface area contributed by atoms with Crippen molar-refractivity contribution in [2.45, 2.75) is 52.9 Å². The largest absolute Gasteiger partial charge is 0.489 e. The van der Waals surface area contributed by atoms with Crippen LogP contribution in [0.1, 0.15) is 67.3 Å². The highest BCUT2D eigenvalue weighted by molar-refractivity contribution is 6.00. The predicted octanol–water partition coefficient (Wildman–Crippen LogP) is 24.0. The van der Waals surface area contributed by atoms with E-state index in [0.717, 1.165) is 111 Å². The molecular formula is C100H78N4O8. The molecule has 8 bridgehead atoms. The number of hydrogen-bond donors (Lipinski definition) is 2. The molecule has 12 nitrogen and oxygen atoms in total. The van der Waals surface area contributed by atoms with Crippen LogP contribution in [0, 0.1) is 0 Å². The zero-order chi connectivity index (χ0) is 75.0. The van der Waals surface area contributed by atoms with E-state index in [-0.39, 0.29) is 0 Å². The van der Waals surface area contributed by atoms with Gasteiger partial charge in [0.1, 0.15) is 98.9 Å². The number of fused-ring (bicyclic) bond motifs is 8. The Morgan fingerprint density at radius 3 is 0.482 bits per heavy atom. The zero-order valence-corrected chi connectivity index (χ0v) is 61.5. The Labute approximate surface area is 650 Å². The van der Waals surface area contributed by atoms with Gasteiger partial charge in [-0.1, -0.05) is 243 Å². The lowest BCUT2D eigenvalue weighted by Gasteiger charge is -2.15. The third kappa shape index (κ3) is 17.4. The van der Waals surface area contributed by atoms with Crippen molar-refractivity contribution in [3.8, 4) is 90.5 Å². The van der Waals surface area contributed by atoms with Gasteiger partial charge in [-0.3, -0.25) is 0 Å². The molecule has 2 aliphatic heterocycles. The molecule has 2 N–H and O–H groups in total. The molecule has 5 heterocycles. The SMILES string of the molecule is C1=Cc2nc1c(-c1cc(OCc3ccccc3)cc(OCc3ccccc3)c1)c1ccc([nH]1)c(-c1cc(OCc3ccccc3)cc(OCc3ccccc3)c1)c1nc(c(-c3cc(OCc4ccccc4)cc(OCc4ccccc4)c3)c3ccc([nH]3)c2-c2cc(OCc3ccccc3)cc(OCc3ccccc3)c2)C=C1. The van der Waals surface area contributed by atoms with Crippen LogP contribution in [0.25, 0.3) is 90.9 Å².